The van der Waals surface area contributed by atoms with Crippen LogP contribution in [0.25, 0.3) is 0 Å². The molecule has 94 valence electrons. The Balaban J connectivity index is 2.07. The maximum Gasteiger partial charge on any atom is 0.0638 e. The number of anilines is 1. The summed E-state index contributed by atoms with van der Waals surface area (Å²) in [4.78, 5) is 0. The van der Waals surface area contributed by atoms with Crippen LogP contribution >= 0.6 is 23.2 Å². The van der Waals surface area contributed by atoms with Gasteiger partial charge < -0.3 is 5.32 Å². The van der Waals surface area contributed by atoms with Crippen molar-refractivity contribution in [2.45, 2.75) is 45.6 Å². The van der Waals surface area contributed by atoms with E-state index in [1.807, 2.05) is 18.2 Å². The van der Waals surface area contributed by atoms with Crippen molar-refractivity contribution >= 4 is 28.9 Å². The lowest BCUT2D eigenvalue weighted by atomic mass is 9.75. The predicted octanol–water partition coefficient (Wildman–Crippen LogP) is 5.37. The monoisotopic (exact) mass is 271 g/mol. The van der Waals surface area contributed by atoms with E-state index in [9.17, 15) is 0 Å². The molecule has 0 aromatic heterocycles. The van der Waals surface area contributed by atoms with Gasteiger partial charge in [-0.25, -0.2) is 0 Å². The third-order valence-corrected chi connectivity index (χ3v) is 4.06. The van der Waals surface area contributed by atoms with Crippen molar-refractivity contribution in [3.05, 3.63) is 28.2 Å². The summed E-state index contributed by atoms with van der Waals surface area (Å²) in [6.07, 6.45) is 5.00. The van der Waals surface area contributed by atoms with Crippen molar-refractivity contribution in [3.63, 3.8) is 0 Å². The summed E-state index contributed by atoms with van der Waals surface area (Å²) in [6, 6.07) is 6.08. The fraction of sp³-hybridized carbons (Fsp3) is 0.571. The van der Waals surface area contributed by atoms with E-state index in [0.717, 1.165) is 15.7 Å². The maximum absolute atomic E-state index is 6.17. The molecule has 0 aliphatic heterocycles. The van der Waals surface area contributed by atoms with Crippen molar-refractivity contribution < 1.29 is 0 Å². The Kier molecular flexibility index (Phi) is 3.89. The molecule has 1 N–H and O–H groups in total. The van der Waals surface area contributed by atoms with Gasteiger partial charge in [0.15, 0.2) is 0 Å². The van der Waals surface area contributed by atoms with Gasteiger partial charge in [0.2, 0.25) is 0 Å². The van der Waals surface area contributed by atoms with Gasteiger partial charge in [0.1, 0.15) is 0 Å². The third kappa shape index (κ3) is 3.53. The van der Waals surface area contributed by atoms with Gasteiger partial charge in [-0.05, 0) is 42.9 Å². The molecule has 1 aromatic carbocycles. The molecule has 0 amide bonds. The lowest BCUT2D eigenvalue weighted by Crippen LogP contribution is -2.31. The second kappa shape index (κ2) is 5.07. The molecular formula is C14H19Cl2N. The number of rotatable bonds is 2. The highest BCUT2D eigenvalue weighted by atomic mass is 35.5. The zero-order valence-electron chi connectivity index (χ0n) is 10.4. The SMILES string of the molecule is CC1(C)CCCC(Nc2cc(Cl)ccc2Cl)C1. The molecular weight excluding hydrogens is 253 g/mol. The molecule has 0 bridgehead atoms. The molecule has 1 aromatic rings. The first kappa shape index (κ1) is 13.0. The molecule has 0 heterocycles. The largest absolute Gasteiger partial charge is 0.381 e. The molecule has 1 unspecified atom stereocenters. The molecule has 0 radical (unpaired) electrons. The first-order chi connectivity index (χ1) is 7.96. The standard InChI is InChI=1S/C14H19Cl2N/c1-14(2)7-3-4-11(9-14)17-13-8-10(15)5-6-12(13)16/h5-6,8,11,17H,3-4,7,9H2,1-2H3. The van der Waals surface area contributed by atoms with Crippen LogP contribution in [-0.4, -0.2) is 6.04 Å². The zero-order valence-corrected chi connectivity index (χ0v) is 11.9. The molecule has 2 rings (SSSR count). The van der Waals surface area contributed by atoms with E-state index in [1.54, 1.807) is 0 Å². The Hall–Kier alpha value is -0.400. The van der Waals surface area contributed by atoms with E-state index in [2.05, 4.69) is 19.2 Å². The van der Waals surface area contributed by atoms with E-state index >= 15 is 0 Å². The van der Waals surface area contributed by atoms with Gasteiger partial charge in [-0.15, -0.1) is 0 Å². The van der Waals surface area contributed by atoms with Crippen molar-refractivity contribution in [2.75, 3.05) is 5.32 Å². The average molecular weight is 272 g/mol. The van der Waals surface area contributed by atoms with Crippen molar-refractivity contribution in [3.8, 4) is 0 Å². The van der Waals surface area contributed by atoms with Gasteiger partial charge in [-0.2, -0.15) is 0 Å². The number of hydrogen-bond donors (Lipinski definition) is 1. The van der Waals surface area contributed by atoms with Crippen LogP contribution in [0, 0.1) is 5.41 Å². The van der Waals surface area contributed by atoms with E-state index in [-0.39, 0.29) is 0 Å². The minimum absolute atomic E-state index is 0.432. The van der Waals surface area contributed by atoms with Crippen LogP contribution in [0.1, 0.15) is 39.5 Å². The highest BCUT2D eigenvalue weighted by Gasteiger charge is 2.28. The van der Waals surface area contributed by atoms with E-state index < -0.39 is 0 Å². The van der Waals surface area contributed by atoms with Crippen LogP contribution < -0.4 is 5.32 Å². The molecule has 0 spiro atoms. The number of halogens is 2. The van der Waals surface area contributed by atoms with Gasteiger partial charge in [-0.3, -0.25) is 0 Å². The Bertz CT molecular complexity index is 401. The van der Waals surface area contributed by atoms with E-state index in [0.29, 0.717) is 11.5 Å². The first-order valence-electron chi connectivity index (χ1n) is 6.18. The van der Waals surface area contributed by atoms with Gasteiger partial charge >= 0.3 is 0 Å². The van der Waals surface area contributed by atoms with Gasteiger partial charge in [0.05, 0.1) is 10.7 Å². The normalized spacial score (nSPS) is 23.4. The molecule has 1 atom stereocenters. The second-order valence-corrected chi connectivity index (χ2v) is 6.57. The Morgan fingerprint density at radius 3 is 2.76 bits per heavy atom. The summed E-state index contributed by atoms with van der Waals surface area (Å²) < 4.78 is 0. The minimum Gasteiger partial charge on any atom is -0.381 e. The molecule has 0 saturated heterocycles. The van der Waals surface area contributed by atoms with Gasteiger partial charge in [0, 0.05) is 11.1 Å². The Morgan fingerprint density at radius 2 is 2.06 bits per heavy atom. The van der Waals surface area contributed by atoms with Crippen LogP contribution in [0.5, 0.6) is 0 Å². The smallest absolute Gasteiger partial charge is 0.0638 e. The Morgan fingerprint density at radius 1 is 1.29 bits per heavy atom. The fourth-order valence-corrected chi connectivity index (χ4v) is 2.99. The lowest BCUT2D eigenvalue weighted by molar-refractivity contribution is 0.229. The van der Waals surface area contributed by atoms with Crippen molar-refractivity contribution in [1.82, 2.24) is 0 Å². The zero-order chi connectivity index (χ0) is 12.5. The average Bonchev–Trinajstić information content (AvgIpc) is 2.22. The minimum atomic E-state index is 0.432. The van der Waals surface area contributed by atoms with E-state index in [4.69, 9.17) is 23.2 Å². The van der Waals surface area contributed by atoms with Gasteiger partial charge in [0.25, 0.3) is 0 Å². The quantitative estimate of drug-likeness (QED) is 0.762. The molecule has 1 saturated carbocycles. The molecule has 1 fully saturated rings. The van der Waals surface area contributed by atoms with Crippen LogP contribution in [0.3, 0.4) is 0 Å². The molecule has 17 heavy (non-hydrogen) atoms. The maximum atomic E-state index is 6.17. The number of nitrogens with one attached hydrogen (secondary N) is 1. The fourth-order valence-electron chi connectivity index (χ4n) is 2.65. The second-order valence-electron chi connectivity index (χ2n) is 5.73. The lowest BCUT2D eigenvalue weighted by Gasteiger charge is -2.36. The molecule has 3 heteroatoms. The molecule has 1 aliphatic rings. The summed E-state index contributed by atoms with van der Waals surface area (Å²) in [5.74, 6) is 0. The summed E-state index contributed by atoms with van der Waals surface area (Å²) in [5.41, 5.74) is 1.39. The van der Waals surface area contributed by atoms with Crippen LogP contribution in [0.2, 0.25) is 10.0 Å². The summed E-state index contributed by atoms with van der Waals surface area (Å²) in [7, 11) is 0. The molecule has 1 nitrogen and oxygen atoms in total. The summed E-state index contributed by atoms with van der Waals surface area (Å²) in [5, 5.41) is 5.01. The highest BCUT2D eigenvalue weighted by molar-refractivity contribution is 6.35. The first-order valence-corrected chi connectivity index (χ1v) is 6.93. The summed E-state index contributed by atoms with van der Waals surface area (Å²) >= 11 is 12.2. The van der Waals surface area contributed by atoms with E-state index in [1.165, 1.54) is 25.7 Å². The van der Waals surface area contributed by atoms with Crippen LogP contribution in [0.15, 0.2) is 18.2 Å². The Labute approximate surface area is 114 Å². The number of hydrogen-bond acceptors (Lipinski definition) is 1. The van der Waals surface area contributed by atoms with Crippen molar-refractivity contribution in [2.24, 2.45) is 5.41 Å². The van der Waals surface area contributed by atoms with Crippen molar-refractivity contribution in [1.29, 1.82) is 0 Å². The predicted molar refractivity (Wildman–Crippen MR) is 76.1 cm³/mol. The third-order valence-electron chi connectivity index (χ3n) is 3.49. The topological polar surface area (TPSA) is 12.0 Å². The van der Waals surface area contributed by atoms with Crippen LogP contribution in [0.4, 0.5) is 5.69 Å². The highest BCUT2D eigenvalue weighted by Crippen LogP contribution is 2.37. The molecule has 1 aliphatic carbocycles. The van der Waals surface area contributed by atoms with Gasteiger partial charge in [-0.1, -0.05) is 43.5 Å². The summed E-state index contributed by atoms with van der Waals surface area (Å²) in [6.45, 7) is 4.67. The number of benzene rings is 1. The van der Waals surface area contributed by atoms with Crippen LogP contribution in [-0.2, 0) is 0 Å².